The van der Waals surface area contributed by atoms with E-state index < -0.39 is 55.6 Å². The summed E-state index contributed by atoms with van der Waals surface area (Å²) in [6, 6.07) is -1.02. The van der Waals surface area contributed by atoms with Crippen LogP contribution in [0, 0.1) is 0 Å². The summed E-state index contributed by atoms with van der Waals surface area (Å²) in [6.07, 6.45) is 31.2. The van der Waals surface area contributed by atoms with Crippen LogP contribution in [0.1, 0.15) is 162 Å². The molecule has 1 fully saturated rings. The van der Waals surface area contributed by atoms with Crippen molar-refractivity contribution in [2.24, 2.45) is 0 Å². The molecule has 0 saturated carbocycles. The Balaban J connectivity index is 2.50. The fourth-order valence-electron chi connectivity index (χ4n) is 6.48. The number of amides is 1. The smallest absolute Gasteiger partial charge is 0.220 e. The van der Waals surface area contributed by atoms with Crippen molar-refractivity contribution in [1.82, 2.24) is 5.32 Å². The van der Waals surface area contributed by atoms with Gasteiger partial charge in [0.15, 0.2) is 6.29 Å². The summed E-state index contributed by atoms with van der Waals surface area (Å²) in [5.41, 5.74) is 0. The minimum absolute atomic E-state index is 0.204. The Morgan fingerprint density at radius 2 is 1.13 bits per heavy atom. The van der Waals surface area contributed by atoms with E-state index in [1.807, 2.05) is 6.08 Å². The number of nitrogens with one attached hydrogen (secondary N) is 1. The zero-order chi connectivity index (χ0) is 39.7. The van der Waals surface area contributed by atoms with Crippen LogP contribution in [0.3, 0.4) is 0 Å². The third-order valence-corrected chi connectivity index (χ3v) is 10.0. The van der Waals surface area contributed by atoms with Crippen LogP contribution in [-0.4, -0.2) is 98.7 Å². The number of aliphatic hydroxyl groups is 6. The Morgan fingerprint density at radius 3 is 1.67 bits per heavy atom. The maximum Gasteiger partial charge on any atom is 0.220 e. The number of carbonyl (C=O) groups is 1. The Morgan fingerprint density at radius 1 is 0.648 bits per heavy atom. The van der Waals surface area contributed by atoms with E-state index in [0.29, 0.717) is 19.3 Å². The Kier molecular flexibility index (Phi) is 31.9. The molecule has 5 unspecified atom stereocenters. The number of unbranched alkanes of at least 4 members (excludes halogenated alkanes) is 15. The van der Waals surface area contributed by atoms with Gasteiger partial charge in [-0.2, -0.15) is 0 Å². The maximum absolute atomic E-state index is 12.9. The SMILES string of the molecule is CCCCCC=CCC=CCC=CCC=CCCCC(=O)N[C@@H](COC1OC(CO)C(O)C(O)C1O)[C@H](O)[C@H](O)CCCCCCCCCCCCCC. The monoisotopic (exact) mass is 766 g/mol. The minimum atomic E-state index is -1.62. The Labute approximate surface area is 327 Å². The highest BCUT2D eigenvalue weighted by atomic mass is 16.7. The normalized spacial score (nSPS) is 22.6. The second-order valence-corrected chi connectivity index (χ2v) is 14.9. The van der Waals surface area contributed by atoms with E-state index in [-0.39, 0.29) is 18.9 Å². The predicted octanol–water partition coefficient (Wildman–Crippen LogP) is 7.25. The van der Waals surface area contributed by atoms with Gasteiger partial charge in [-0.15, -0.1) is 0 Å². The molecule has 10 heteroatoms. The Bertz CT molecular complexity index is 1000. The van der Waals surface area contributed by atoms with Crippen molar-refractivity contribution in [3.05, 3.63) is 48.6 Å². The molecule has 0 bridgehead atoms. The van der Waals surface area contributed by atoms with E-state index in [1.54, 1.807) is 0 Å². The van der Waals surface area contributed by atoms with Gasteiger partial charge in [0.25, 0.3) is 0 Å². The van der Waals surface area contributed by atoms with E-state index >= 15 is 0 Å². The summed E-state index contributed by atoms with van der Waals surface area (Å²) in [5, 5.41) is 64.9. The van der Waals surface area contributed by atoms with E-state index in [0.717, 1.165) is 51.4 Å². The summed E-state index contributed by atoms with van der Waals surface area (Å²) in [4.78, 5) is 12.9. The molecule has 1 amide bonds. The van der Waals surface area contributed by atoms with Crippen LogP contribution >= 0.6 is 0 Å². The van der Waals surface area contributed by atoms with Gasteiger partial charge in [0.1, 0.15) is 30.5 Å². The second-order valence-electron chi connectivity index (χ2n) is 14.9. The van der Waals surface area contributed by atoms with Crippen molar-refractivity contribution in [2.75, 3.05) is 13.2 Å². The molecule has 8 atom stereocenters. The first-order chi connectivity index (χ1) is 26.3. The Hall–Kier alpha value is -1.89. The summed E-state index contributed by atoms with van der Waals surface area (Å²) < 4.78 is 11.1. The molecule has 1 rings (SSSR count). The van der Waals surface area contributed by atoms with Crippen LogP contribution in [0.25, 0.3) is 0 Å². The molecule has 54 heavy (non-hydrogen) atoms. The van der Waals surface area contributed by atoms with E-state index in [4.69, 9.17) is 9.47 Å². The zero-order valence-corrected chi connectivity index (χ0v) is 33.8. The van der Waals surface area contributed by atoms with Crippen molar-refractivity contribution in [1.29, 1.82) is 0 Å². The third-order valence-electron chi connectivity index (χ3n) is 10.0. The predicted molar refractivity (Wildman–Crippen MR) is 218 cm³/mol. The number of allylic oxidation sites excluding steroid dienone is 8. The molecule has 314 valence electrons. The standard InChI is InChI=1S/C44H79NO9/c1-3-5-7-9-11-13-15-17-18-19-20-21-23-25-27-29-31-33-39(48)45-36(35-53-44-43(52)42(51)41(50)38(34-46)54-44)40(49)37(47)32-30-28-26-24-22-16-14-12-10-8-6-4-2/h11,13,17-18,20-21,25,27,36-38,40-44,46-47,49-52H,3-10,12,14-16,19,22-24,26,28-35H2,1-2H3,(H,45,48)/t36-,37+,38?,40-,41?,42?,43?,44?/m0/s1. The number of ether oxygens (including phenoxy) is 2. The van der Waals surface area contributed by atoms with Crippen LogP contribution in [0.15, 0.2) is 48.6 Å². The lowest BCUT2D eigenvalue weighted by molar-refractivity contribution is -0.303. The van der Waals surface area contributed by atoms with Gasteiger partial charge in [-0.1, -0.05) is 152 Å². The third kappa shape index (κ3) is 24.6. The largest absolute Gasteiger partial charge is 0.394 e. The number of carbonyl (C=O) groups excluding carboxylic acids is 1. The molecule has 7 N–H and O–H groups in total. The summed E-state index contributed by atoms with van der Waals surface area (Å²) in [6.45, 7) is 3.51. The molecule has 1 aliphatic rings. The molecule has 0 aromatic heterocycles. The minimum Gasteiger partial charge on any atom is -0.394 e. The highest BCUT2D eigenvalue weighted by Crippen LogP contribution is 2.23. The van der Waals surface area contributed by atoms with Crippen molar-refractivity contribution >= 4 is 5.91 Å². The van der Waals surface area contributed by atoms with Crippen molar-refractivity contribution in [3.63, 3.8) is 0 Å². The summed E-state index contributed by atoms with van der Waals surface area (Å²) in [7, 11) is 0. The first-order valence-electron chi connectivity index (χ1n) is 21.4. The quantitative estimate of drug-likeness (QED) is 0.0264. The molecule has 1 aliphatic heterocycles. The molecule has 1 saturated heterocycles. The number of hydrogen-bond donors (Lipinski definition) is 7. The highest BCUT2D eigenvalue weighted by Gasteiger charge is 2.44. The van der Waals surface area contributed by atoms with Gasteiger partial charge >= 0.3 is 0 Å². The average molecular weight is 766 g/mol. The molecule has 0 radical (unpaired) electrons. The lowest BCUT2D eigenvalue weighted by Crippen LogP contribution is -2.60. The van der Waals surface area contributed by atoms with Crippen molar-refractivity contribution in [3.8, 4) is 0 Å². The fraction of sp³-hybridized carbons (Fsp3) is 0.795. The zero-order valence-electron chi connectivity index (χ0n) is 33.8. The molecule has 0 aromatic rings. The van der Waals surface area contributed by atoms with Gasteiger partial charge in [-0.3, -0.25) is 4.79 Å². The van der Waals surface area contributed by atoms with E-state index in [9.17, 15) is 35.4 Å². The molecular weight excluding hydrogens is 686 g/mol. The molecule has 0 aliphatic carbocycles. The average Bonchev–Trinajstić information content (AvgIpc) is 3.17. The number of aliphatic hydroxyl groups excluding tert-OH is 6. The van der Waals surface area contributed by atoms with Crippen LogP contribution in [0.4, 0.5) is 0 Å². The van der Waals surface area contributed by atoms with Crippen LogP contribution in [0.2, 0.25) is 0 Å². The molecular formula is C44H79NO9. The molecule has 0 aromatic carbocycles. The lowest BCUT2D eigenvalue weighted by Gasteiger charge is -2.40. The molecule has 1 heterocycles. The van der Waals surface area contributed by atoms with E-state index in [2.05, 4.69) is 61.7 Å². The van der Waals surface area contributed by atoms with Gasteiger partial charge in [0.2, 0.25) is 5.91 Å². The second kappa shape index (κ2) is 34.4. The number of hydrogen-bond acceptors (Lipinski definition) is 9. The summed E-state index contributed by atoms with van der Waals surface area (Å²) in [5.74, 6) is -0.315. The van der Waals surface area contributed by atoms with Crippen LogP contribution in [0.5, 0.6) is 0 Å². The van der Waals surface area contributed by atoms with Gasteiger partial charge in [-0.25, -0.2) is 0 Å². The first kappa shape index (κ1) is 50.1. The maximum atomic E-state index is 12.9. The highest BCUT2D eigenvalue weighted by molar-refractivity contribution is 5.76. The van der Waals surface area contributed by atoms with Crippen molar-refractivity contribution in [2.45, 2.75) is 210 Å². The fourth-order valence-corrected chi connectivity index (χ4v) is 6.48. The summed E-state index contributed by atoms with van der Waals surface area (Å²) >= 11 is 0. The van der Waals surface area contributed by atoms with Gasteiger partial charge in [-0.05, 0) is 51.4 Å². The molecule has 0 spiro atoms. The first-order valence-corrected chi connectivity index (χ1v) is 21.4. The van der Waals surface area contributed by atoms with Gasteiger partial charge in [0, 0.05) is 6.42 Å². The van der Waals surface area contributed by atoms with Gasteiger partial charge < -0.3 is 45.4 Å². The number of rotatable bonds is 34. The lowest BCUT2D eigenvalue weighted by atomic mass is 9.98. The van der Waals surface area contributed by atoms with Crippen LogP contribution in [-0.2, 0) is 14.3 Å². The van der Waals surface area contributed by atoms with Crippen LogP contribution < -0.4 is 5.32 Å². The topological polar surface area (TPSA) is 169 Å². The van der Waals surface area contributed by atoms with Gasteiger partial charge in [0.05, 0.1) is 25.4 Å². The van der Waals surface area contributed by atoms with E-state index in [1.165, 1.54) is 70.6 Å². The molecule has 10 nitrogen and oxygen atoms in total. The van der Waals surface area contributed by atoms with Crippen molar-refractivity contribution < 1.29 is 44.9 Å².